The average Bonchev–Trinajstić information content (AvgIpc) is 2.29. The third-order valence-corrected chi connectivity index (χ3v) is 4.58. The zero-order valence-electron chi connectivity index (χ0n) is 10.9. The summed E-state index contributed by atoms with van der Waals surface area (Å²) in [6.07, 6.45) is 0. The highest BCUT2D eigenvalue weighted by atomic mass is 35.5. The number of rotatable bonds is 6. The van der Waals surface area contributed by atoms with Crippen molar-refractivity contribution in [2.75, 3.05) is 17.8 Å². The third kappa shape index (κ3) is 3.60. The van der Waals surface area contributed by atoms with Crippen molar-refractivity contribution >= 4 is 27.5 Å². The van der Waals surface area contributed by atoms with Crippen molar-refractivity contribution < 1.29 is 8.42 Å². The molecule has 0 saturated carbocycles. The van der Waals surface area contributed by atoms with Crippen LogP contribution in [0.1, 0.15) is 31.7 Å². The van der Waals surface area contributed by atoms with E-state index >= 15 is 0 Å². The van der Waals surface area contributed by atoms with Crippen LogP contribution in [0.25, 0.3) is 0 Å². The Morgan fingerprint density at radius 2 is 1.83 bits per heavy atom. The molecule has 0 aliphatic rings. The van der Waals surface area contributed by atoms with Gasteiger partial charge in [-0.3, -0.25) is 4.72 Å². The Hall–Kier alpha value is -0.780. The molecule has 0 spiro atoms. The molecule has 0 saturated heterocycles. The van der Waals surface area contributed by atoms with Crippen LogP contribution in [0.5, 0.6) is 0 Å². The minimum Gasteiger partial charge on any atom is -0.271 e. The molecule has 1 aromatic carbocycles. The summed E-state index contributed by atoms with van der Waals surface area (Å²) in [5.74, 6) is 0. The van der Waals surface area contributed by atoms with E-state index in [1.165, 1.54) is 4.31 Å². The first-order chi connectivity index (χ1) is 8.42. The largest absolute Gasteiger partial charge is 0.301 e. The van der Waals surface area contributed by atoms with Gasteiger partial charge in [-0.2, -0.15) is 12.7 Å². The Morgan fingerprint density at radius 3 is 2.33 bits per heavy atom. The Kier molecular flexibility index (Phi) is 5.44. The van der Waals surface area contributed by atoms with E-state index in [2.05, 4.69) is 4.72 Å². The van der Waals surface area contributed by atoms with Crippen LogP contribution in [0.15, 0.2) is 24.3 Å². The first-order valence-electron chi connectivity index (χ1n) is 5.93. The maximum absolute atomic E-state index is 12.1. The summed E-state index contributed by atoms with van der Waals surface area (Å²) in [7, 11) is -3.51. The molecule has 4 nitrogen and oxygen atoms in total. The van der Waals surface area contributed by atoms with Gasteiger partial charge < -0.3 is 0 Å². The highest BCUT2D eigenvalue weighted by Gasteiger charge is 2.20. The Bertz CT molecular complexity index is 485. The number of nitrogens with one attached hydrogen (secondary N) is 1. The lowest BCUT2D eigenvalue weighted by molar-refractivity contribution is 0.449. The normalized spacial score (nSPS) is 13.6. The van der Waals surface area contributed by atoms with Crippen molar-refractivity contribution in [2.24, 2.45) is 0 Å². The number of hydrogen-bond donors (Lipinski definition) is 1. The van der Waals surface area contributed by atoms with Gasteiger partial charge in [-0.05, 0) is 18.6 Å². The molecule has 6 heteroatoms. The lowest BCUT2D eigenvalue weighted by atomic mass is 10.1. The highest BCUT2D eigenvalue weighted by Crippen LogP contribution is 2.28. The van der Waals surface area contributed by atoms with Crippen molar-refractivity contribution in [3.8, 4) is 0 Å². The van der Waals surface area contributed by atoms with Crippen LogP contribution in [-0.2, 0) is 10.2 Å². The lowest BCUT2D eigenvalue weighted by Gasteiger charge is -2.21. The second-order valence-corrected chi connectivity index (χ2v) is 6.22. The summed E-state index contributed by atoms with van der Waals surface area (Å²) in [6, 6.07) is 7.15. The van der Waals surface area contributed by atoms with E-state index in [0.717, 1.165) is 5.56 Å². The molecule has 0 heterocycles. The van der Waals surface area contributed by atoms with Gasteiger partial charge in [0.15, 0.2) is 0 Å². The summed E-state index contributed by atoms with van der Waals surface area (Å²) in [5, 5.41) is -0.249. The summed E-state index contributed by atoms with van der Waals surface area (Å²) < 4.78 is 28.2. The number of hydrogen-bond acceptors (Lipinski definition) is 2. The smallest absolute Gasteiger partial charge is 0.271 e. The SMILES string of the molecule is CCN(CC)S(=O)(=O)Nc1ccccc1C(C)Cl. The second-order valence-electron chi connectivity index (χ2n) is 3.89. The van der Waals surface area contributed by atoms with Gasteiger partial charge in [-0.1, -0.05) is 32.0 Å². The van der Waals surface area contributed by atoms with Crippen molar-refractivity contribution in [3.63, 3.8) is 0 Å². The van der Waals surface area contributed by atoms with Gasteiger partial charge >= 0.3 is 10.2 Å². The topological polar surface area (TPSA) is 49.4 Å². The standard InChI is InChI=1S/C12H19ClN2O2S/c1-4-15(5-2)18(16,17)14-12-9-7-6-8-11(12)10(3)13/h6-10,14H,4-5H2,1-3H3. The Balaban J connectivity index is 3.04. The molecular formula is C12H19ClN2O2S. The van der Waals surface area contributed by atoms with Crippen molar-refractivity contribution in [2.45, 2.75) is 26.1 Å². The van der Waals surface area contributed by atoms with Crippen LogP contribution in [-0.4, -0.2) is 25.8 Å². The van der Waals surface area contributed by atoms with E-state index in [1.807, 2.05) is 19.1 Å². The van der Waals surface area contributed by atoms with Crippen LogP contribution in [0.2, 0.25) is 0 Å². The first-order valence-corrected chi connectivity index (χ1v) is 7.80. The number of anilines is 1. The number of benzene rings is 1. The number of nitrogens with zero attached hydrogens (tertiary/aromatic N) is 1. The molecule has 0 radical (unpaired) electrons. The van der Waals surface area contributed by atoms with Gasteiger partial charge in [-0.15, -0.1) is 11.6 Å². The maximum atomic E-state index is 12.1. The van der Waals surface area contributed by atoms with Crippen LogP contribution in [0.3, 0.4) is 0 Å². The fourth-order valence-electron chi connectivity index (χ4n) is 1.70. The second kappa shape index (κ2) is 6.41. The van der Waals surface area contributed by atoms with E-state index in [9.17, 15) is 8.42 Å². The fourth-order valence-corrected chi connectivity index (χ4v) is 3.17. The summed E-state index contributed by atoms with van der Waals surface area (Å²) in [5.41, 5.74) is 1.31. The van der Waals surface area contributed by atoms with E-state index in [0.29, 0.717) is 18.8 Å². The molecule has 0 fully saturated rings. The van der Waals surface area contributed by atoms with Gasteiger partial charge in [0.1, 0.15) is 0 Å². The van der Waals surface area contributed by atoms with Gasteiger partial charge in [-0.25, -0.2) is 0 Å². The van der Waals surface area contributed by atoms with Gasteiger partial charge in [0.2, 0.25) is 0 Å². The monoisotopic (exact) mass is 290 g/mol. The first kappa shape index (κ1) is 15.3. The van der Waals surface area contributed by atoms with E-state index in [1.54, 1.807) is 26.0 Å². The maximum Gasteiger partial charge on any atom is 0.301 e. The van der Waals surface area contributed by atoms with Gasteiger partial charge in [0.05, 0.1) is 11.1 Å². The zero-order chi connectivity index (χ0) is 13.8. The lowest BCUT2D eigenvalue weighted by Crippen LogP contribution is -2.35. The minimum atomic E-state index is -3.51. The van der Waals surface area contributed by atoms with E-state index in [4.69, 9.17) is 11.6 Å². The van der Waals surface area contributed by atoms with Crippen LogP contribution in [0.4, 0.5) is 5.69 Å². The van der Waals surface area contributed by atoms with Crippen LogP contribution < -0.4 is 4.72 Å². The molecule has 1 unspecified atom stereocenters. The van der Waals surface area contributed by atoms with Crippen molar-refractivity contribution in [1.29, 1.82) is 0 Å². The molecule has 102 valence electrons. The minimum absolute atomic E-state index is 0.249. The number of alkyl halides is 1. The molecule has 0 amide bonds. The predicted octanol–water partition coefficient (Wildman–Crippen LogP) is 2.98. The highest BCUT2D eigenvalue weighted by molar-refractivity contribution is 7.90. The van der Waals surface area contributed by atoms with Gasteiger partial charge in [0.25, 0.3) is 0 Å². The average molecular weight is 291 g/mol. The van der Waals surface area contributed by atoms with E-state index < -0.39 is 10.2 Å². The molecule has 1 rings (SSSR count). The third-order valence-electron chi connectivity index (χ3n) is 2.67. The van der Waals surface area contributed by atoms with Crippen molar-refractivity contribution in [1.82, 2.24) is 4.31 Å². The van der Waals surface area contributed by atoms with Gasteiger partial charge in [0, 0.05) is 13.1 Å². The molecule has 0 aliphatic carbocycles. The summed E-state index contributed by atoms with van der Waals surface area (Å²) in [4.78, 5) is 0. The number of halogens is 1. The molecule has 0 aliphatic heterocycles. The van der Waals surface area contributed by atoms with E-state index in [-0.39, 0.29) is 5.38 Å². The fraction of sp³-hybridized carbons (Fsp3) is 0.500. The van der Waals surface area contributed by atoms with Crippen LogP contribution >= 0.6 is 11.6 Å². The molecule has 1 atom stereocenters. The predicted molar refractivity (Wildman–Crippen MR) is 76.2 cm³/mol. The molecule has 1 aromatic rings. The molecule has 0 aromatic heterocycles. The quantitative estimate of drug-likeness (QED) is 0.819. The molecule has 18 heavy (non-hydrogen) atoms. The summed E-state index contributed by atoms with van der Waals surface area (Å²) >= 11 is 6.04. The summed E-state index contributed by atoms with van der Waals surface area (Å²) in [6.45, 7) is 6.29. The molecule has 1 N–H and O–H groups in total. The Morgan fingerprint density at radius 1 is 1.28 bits per heavy atom. The number of para-hydroxylation sites is 1. The van der Waals surface area contributed by atoms with Crippen LogP contribution in [0, 0.1) is 0 Å². The zero-order valence-corrected chi connectivity index (χ0v) is 12.4. The molecular weight excluding hydrogens is 272 g/mol. The van der Waals surface area contributed by atoms with Crippen molar-refractivity contribution in [3.05, 3.63) is 29.8 Å². The Labute approximate surface area is 114 Å². The molecule has 0 bridgehead atoms.